The number of fused-ring (bicyclic) bond motifs is 2. The number of aromatic amines is 1. The van der Waals surface area contributed by atoms with E-state index in [1.54, 1.807) is 6.20 Å². The van der Waals surface area contributed by atoms with E-state index in [9.17, 15) is 13.2 Å². The van der Waals surface area contributed by atoms with Crippen LogP contribution in [0.4, 0.5) is 13.2 Å². The highest BCUT2D eigenvalue weighted by molar-refractivity contribution is 6.31. The molecule has 0 radical (unpaired) electrons. The molecule has 0 saturated heterocycles. The number of hydrogen-bond donors (Lipinski definition) is 1. The van der Waals surface area contributed by atoms with Crippen LogP contribution in [0.2, 0.25) is 5.02 Å². The monoisotopic (exact) mass is 471 g/mol. The third-order valence-electron chi connectivity index (χ3n) is 7.14. The van der Waals surface area contributed by atoms with Crippen LogP contribution in [0.15, 0.2) is 48.7 Å². The molecule has 7 heteroatoms. The summed E-state index contributed by atoms with van der Waals surface area (Å²) in [5.74, 6) is 2.05. The van der Waals surface area contributed by atoms with Gasteiger partial charge in [-0.3, -0.25) is 4.98 Å². The van der Waals surface area contributed by atoms with Crippen molar-refractivity contribution in [1.29, 1.82) is 0 Å². The fourth-order valence-electron chi connectivity index (χ4n) is 5.46. The molecule has 5 rings (SSSR count). The van der Waals surface area contributed by atoms with Crippen LogP contribution in [0, 0.1) is 5.92 Å². The number of nitrogens with one attached hydrogen (secondary N) is 1. The second-order valence-electron chi connectivity index (χ2n) is 9.04. The Morgan fingerprint density at radius 3 is 2.52 bits per heavy atom. The number of aromatic nitrogens is 3. The minimum Gasteiger partial charge on any atom is -0.342 e. The van der Waals surface area contributed by atoms with E-state index >= 15 is 0 Å². The van der Waals surface area contributed by atoms with Gasteiger partial charge in [0.05, 0.1) is 22.1 Å². The van der Waals surface area contributed by atoms with Crippen molar-refractivity contribution in [2.24, 2.45) is 5.92 Å². The van der Waals surface area contributed by atoms with E-state index in [0.29, 0.717) is 27.8 Å². The molecule has 2 aromatic carbocycles. The van der Waals surface area contributed by atoms with Gasteiger partial charge in [0.25, 0.3) is 0 Å². The standard InChI is InChI=1S/C26H25ClF3N3/c1-2-19(25-32-23-10-8-18(27)14-24(23)33-25)15-3-5-16(6-4-15)20-11-12-31-22-9-7-17(13-21(20)22)26(28,29)30/h7-16,19H,2-6H2,1H3,(H,32,33). The summed E-state index contributed by atoms with van der Waals surface area (Å²) in [6.07, 6.45) is 2.27. The SMILES string of the molecule is CCC(c1nc2ccc(Cl)cc2[nH]1)C1CCC(c2ccnc3ccc(C(F)(F)F)cc23)CC1. The van der Waals surface area contributed by atoms with Gasteiger partial charge in [-0.2, -0.15) is 13.2 Å². The molecule has 172 valence electrons. The molecule has 1 atom stereocenters. The van der Waals surface area contributed by atoms with Crippen molar-refractivity contribution in [3.8, 4) is 0 Å². The van der Waals surface area contributed by atoms with Gasteiger partial charge in [0, 0.05) is 22.5 Å². The van der Waals surface area contributed by atoms with Crippen LogP contribution in [0.3, 0.4) is 0 Å². The maximum absolute atomic E-state index is 13.3. The summed E-state index contributed by atoms with van der Waals surface area (Å²) in [5, 5.41) is 1.31. The smallest absolute Gasteiger partial charge is 0.342 e. The lowest BCUT2D eigenvalue weighted by molar-refractivity contribution is -0.137. The van der Waals surface area contributed by atoms with Crippen LogP contribution in [0.5, 0.6) is 0 Å². The van der Waals surface area contributed by atoms with E-state index in [1.807, 2.05) is 24.3 Å². The summed E-state index contributed by atoms with van der Waals surface area (Å²) < 4.78 is 39.9. The number of H-pyrrole nitrogens is 1. The normalized spacial score (nSPS) is 20.4. The van der Waals surface area contributed by atoms with E-state index in [-0.39, 0.29) is 5.92 Å². The molecule has 1 aliphatic carbocycles. The predicted octanol–water partition coefficient (Wildman–Crippen LogP) is 8.25. The number of imidazole rings is 1. The van der Waals surface area contributed by atoms with Crippen molar-refractivity contribution >= 4 is 33.5 Å². The molecule has 2 heterocycles. The van der Waals surface area contributed by atoms with Crippen molar-refractivity contribution in [2.45, 2.75) is 57.0 Å². The minimum absolute atomic E-state index is 0.238. The molecule has 0 spiro atoms. The molecular weight excluding hydrogens is 447 g/mol. The Morgan fingerprint density at radius 2 is 1.79 bits per heavy atom. The fraction of sp³-hybridized carbons (Fsp3) is 0.385. The Hall–Kier alpha value is -2.60. The van der Waals surface area contributed by atoms with Gasteiger partial charge in [0.1, 0.15) is 5.82 Å². The van der Waals surface area contributed by atoms with Crippen molar-refractivity contribution in [1.82, 2.24) is 15.0 Å². The summed E-state index contributed by atoms with van der Waals surface area (Å²) >= 11 is 6.13. The van der Waals surface area contributed by atoms with Gasteiger partial charge in [-0.1, -0.05) is 18.5 Å². The average Bonchev–Trinajstić information content (AvgIpc) is 3.21. The van der Waals surface area contributed by atoms with Crippen LogP contribution in [-0.4, -0.2) is 15.0 Å². The molecule has 33 heavy (non-hydrogen) atoms. The van der Waals surface area contributed by atoms with E-state index in [4.69, 9.17) is 16.6 Å². The molecule has 3 nitrogen and oxygen atoms in total. The second-order valence-corrected chi connectivity index (χ2v) is 9.48. The molecule has 4 aromatic rings. The zero-order valence-corrected chi connectivity index (χ0v) is 19.0. The second kappa shape index (κ2) is 8.64. The van der Waals surface area contributed by atoms with E-state index in [2.05, 4.69) is 16.9 Å². The fourth-order valence-corrected chi connectivity index (χ4v) is 5.63. The number of rotatable bonds is 4. The first-order chi connectivity index (χ1) is 15.8. The summed E-state index contributed by atoms with van der Waals surface area (Å²) in [6.45, 7) is 2.19. The quantitative estimate of drug-likeness (QED) is 0.325. The number of benzene rings is 2. The van der Waals surface area contributed by atoms with Crippen molar-refractivity contribution in [3.05, 3.63) is 70.6 Å². The lowest BCUT2D eigenvalue weighted by atomic mass is 9.72. The first-order valence-electron chi connectivity index (χ1n) is 11.4. The third-order valence-corrected chi connectivity index (χ3v) is 7.37. The first-order valence-corrected chi connectivity index (χ1v) is 11.8. The van der Waals surface area contributed by atoms with Crippen LogP contribution >= 0.6 is 11.6 Å². The molecular formula is C26H25ClF3N3. The number of pyridine rings is 1. The maximum atomic E-state index is 13.3. The Labute approximate surface area is 195 Å². The summed E-state index contributed by atoms with van der Waals surface area (Å²) in [5.41, 5.74) is 2.86. The largest absolute Gasteiger partial charge is 0.416 e. The number of halogens is 4. The molecule has 0 aliphatic heterocycles. The van der Waals surface area contributed by atoms with Gasteiger partial charge in [-0.15, -0.1) is 0 Å². The van der Waals surface area contributed by atoms with Gasteiger partial charge >= 0.3 is 6.18 Å². The van der Waals surface area contributed by atoms with E-state index in [0.717, 1.165) is 60.6 Å². The lowest BCUT2D eigenvalue weighted by Crippen LogP contribution is -2.20. The van der Waals surface area contributed by atoms with Gasteiger partial charge in [0.2, 0.25) is 0 Å². The molecule has 1 saturated carbocycles. The molecule has 1 fully saturated rings. The molecule has 1 aliphatic rings. The molecule has 1 unspecified atom stereocenters. The number of alkyl halides is 3. The number of nitrogens with zero attached hydrogens (tertiary/aromatic N) is 2. The minimum atomic E-state index is -4.36. The Balaban J connectivity index is 1.37. The lowest BCUT2D eigenvalue weighted by Gasteiger charge is -2.33. The Bertz CT molecular complexity index is 1290. The van der Waals surface area contributed by atoms with E-state index < -0.39 is 11.7 Å². The maximum Gasteiger partial charge on any atom is 0.416 e. The van der Waals surface area contributed by atoms with Crippen LogP contribution < -0.4 is 0 Å². The zero-order chi connectivity index (χ0) is 23.2. The summed E-state index contributed by atoms with van der Waals surface area (Å²) in [4.78, 5) is 12.6. The van der Waals surface area contributed by atoms with Crippen molar-refractivity contribution in [3.63, 3.8) is 0 Å². The van der Waals surface area contributed by atoms with Gasteiger partial charge in [-0.05, 0) is 92.0 Å². The van der Waals surface area contributed by atoms with Gasteiger partial charge < -0.3 is 4.98 Å². The van der Waals surface area contributed by atoms with Crippen LogP contribution in [0.1, 0.15) is 67.8 Å². The van der Waals surface area contributed by atoms with E-state index in [1.165, 1.54) is 12.1 Å². The highest BCUT2D eigenvalue weighted by Gasteiger charge is 2.33. The molecule has 1 N–H and O–H groups in total. The zero-order valence-electron chi connectivity index (χ0n) is 18.3. The van der Waals surface area contributed by atoms with Crippen molar-refractivity contribution in [2.75, 3.05) is 0 Å². The molecule has 0 bridgehead atoms. The van der Waals surface area contributed by atoms with Crippen LogP contribution in [0.25, 0.3) is 21.9 Å². The van der Waals surface area contributed by atoms with Crippen LogP contribution in [-0.2, 0) is 6.18 Å². The first kappa shape index (κ1) is 22.2. The third kappa shape index (κ3) is 4.33. The molecule has 0 amide bonds. The predicted molar refractivity (Wildman–Crippen MR) is 126 cm³/mol. The highest BCUT2D eigenvalue weighted by atomic mass is 35.5. The average molecular weight is 472 g/mol. The van der Waals surface area contributed by atoms with Gasteiger partial charge in [0.15, 0.2) is 0 Å². The highest BCUT2D eigenvalue weighted by Crippen LogP contribution is 2.44. The summed E-state index contributed by atoms with van der Waals surface area (Å²) in [7, 11) is 0. The van der Waals surface area contributed by atoms with Gasteiger partial charge in [-0.25, -0.2) is 4.98 Å². The topological polar surface area (TPSA) is 41.6 Å². The van der Waals surface area contributed by atoms with Crippen molar-refractivity contribution < 1.29 is 13.2 Å². The Morgan fingerprint density at radius 1 is 1.03 bits per heavy atom. The Kier molecular flexibility index (Phi) is 5.81. The number of hydrogen-bond acceptors (Lipinski definition) is 2. The molecule has 2 aromatic heterocycles. The summed E-state index contributed by atoms with van der Waals surface area (Å²) in [6, 6.07) is 11.4.